The number of rotatable bonds is 7. The summed E-state index contributed by atoms with van der Waals surface area (Å²) in [4.78, 5) is 27.7. The summed E-state index contributed by atoms with van der Waals surface area (Å²) in [7, 11) is 2.88. The van der Waals surface area contributed by atoms with E-state index in [9.17, 15) is 9.59 Å². The number of para-hydroxylation sites is 2. The van der Waals surface area contributed by atoms with Crippen LogP contribution >= 0.6 is 0 Å². The van der Waals surface area contributed by atoms with Crippen molar-refractivity contribution in [2.75, 3.05) is 14.2 Å². The van der Waals surface area contributed by atoms with Gasteiger partial charge in [0, 0.05) is 35.2 Å². The molecule has 144 valence electrons. The Morgan fingerprint density at radius 3 is 2.64 bits per heavy atom. The summed E-state index contributed by atoms with van der Waals surface area (Å²) < 4.78 is 10.1. The summed E-state index contributed by atoms with van der Waals surface area (Å²) >= 11 is 0. The number of carbonyl (C=O) groups excluding carboxylic acids is 2. The van der Waals surface area contributed by atoms with Crippen LogP contribution in [0.25, 0.3) is 17.0 Å². The largest absolute Gasteiger partial charge is 0.496 e. The average Bonchev–Trinajstić information content (AvgIpc) is 3.14. The first-order chi connectivity index (χ1) is 13.6. The molecule has 0 fully saturated rings. The second kappa shape index (κ2) is 8.90. The predicted molar refractivity (Wildman–Crippen MR) is 108 cm³/mol. The molecule has 0 radical (unpaired) electrons. The van der Waals surface area contributed by atoms with E-state index >= 15 is 0 Å². The Bertz CT molecular complexity index is 1010. The zero-order chi connectivity index (χ0) is 19.9. The first-order valence-electron chi connectivity index (χ1n) is 8.86. The molecule has 2 N–H and O–H groups in total. The number of carbonyl (C=O) groups is 2. The molecule has 0 saturated heterocycles. The van der Waals surface area contributed by atoms with E-state index in [2.05, 4.69) is 10.3 Å². The van der Waals surface area contributed by atoms with Crippen molar-refractivity contribution < 1.29 is 19.1 Å². The summed E-state index contributed by atoms with van der Waals surface area (Å²) in [6, 6.07) is 14.4. The molecule has 0 spiro atoms. The number of H-pyrrole nitrogens is 1. The molecule has 3 rings (SSSR count). The van der Waals surface area contributed by atoms with Gasteiger partial charge >= 0.3 is 5.97 Å². The summed E-state index contributed by atoms with van der Waals surface area (Å²) in [5.74, 6) is -0.222. The number of benzene rings is 2. The van der Waals surface area contributed by atoms with Gasteiger partial charge in [-0.15, -0.1) is 0 Å². The lowest BCUT2D eigenvalue weighted by molar-refractivity contribution is -0.144. The Hall–Kier alpha value is -3.54. The molecular formula is C22H22N2O4. The van der Waals surface area contributed by atoms with Crippen LogP contribution in [0.4, 0.5) is 0 Å². The Morgan fingerprint density at radius 2 is 1.86 bits per heavy atom. The monoisotopic (exact) mass is 378 g/mol. The van der Waals surface area contributed by atoms with Crippen LogP contribution in [-0.4, -0.2) is 37.1 Å². The Kier molecular flexibility index (Phi) is 6.11. The minimum absolute atomic E-state index is 0.324. The van der Waals surface area contributed by atoms with Crippen LogP contribution in [0.5, 0.6) is 5.75 Å². The molecule has 1 heterocycles. The third kappa shape index (κ3) is 4.40. The molecule has 1 unspecified atom stereocenters. The van der Waals surface area contributed by atoms with Crippen molar-refractivity contribution in [1.29, 1.82) is 0 Å². The van der Waals surface area contributed by atoms with Crippen LogP contribution in [0.15, 0.2) is 60.8 Å². The molecule has 28 heavy (non-hydrogen) atoms. The molecule has 0 bridgehead atoms. The number of aromatic nitrogens is 1. The molecule has 1 aromatic heterocycles. The van der Waals surface area contributed by atoms with Crippen LogP contribution in [0.2, 0.25) is 0 Å². The van der Waals surface area contributed by atoms with E-state index < -0.39 is 12.0 Å². The van der Waals surface area contributed by atoms with Crippen molar-refractivity contribution in [3.05, 3.63) is 71.9 Å². The maximum absolute atomic E-state index is 12.4. The molecule has 6 nitrogen and oxygen atoms in total. The molecule has 1 atom stereocenters. The highest BCUT2D eigenvalue weighted by molar-refractivity contribution is 5.95. The fourth-order valence-corrected chi connectivity index (χ4v) is 3.05. The van der Waals surface area contributed by atoms with Gasteiger partial charge in [0.25, 0.3) is 0 Å². The van der Waals surface area contributed by atoms with E-state index in [1.807, 2.05) is 54.7 Å². The Morgan fingerprint density at radius 1 is 1.11 bits per heavy atom. The molecule has 1 amide bonds. The standard InChI is InChI=1S/C22H22N2O4/c1-27-20-10-6-3-7-15(20)11-12-21(25)24-19(22(26)28-2)13-16-14-23-18-9-5-4-8-17(16)18/h3-12,14,19,23H,13H2,1-2H3,(H,24,25)/b12-11+. The van der Waals surface area contributed by atoms with Gasteiger partial charge in [-0.1, -0.05) is 36.4 Å². The average molecular weight is 378 g/mol. The number of hydrogen-bond acceptors (Lipinski definition) is 4. The van der Waals surface area contributed by atoms with Gasteiger partial charge in [0.2, 0.25) is 5.91 Å². The highest BCUT2D eigenvalue weighted by Crippen LogP contribution is 2.20. The fraction of sp³-hybridized carbons (Fsp3) is 0.182. The predicted octanol–water partition coefficient (Wildman–Crippen LogP) is 3.09. The third-order valence-electron chi connectivity index (χ3n) is 4.45. The summed E-state index contributed by atoms with van der Waals surface area (Å²) in [5.41, 5.74) is 2.68. The molecule has 2 aromatic carbocycles. The van der Waals surface area contributed by atoms with Gasteiger partial charge in [-0.3, -0.25) is 4.79 Å². The van der Waals surface area contributed by atoms with E-state index in [0.29, 0.717) is 12.2 Å². The second-order valence-corrected chi connectivity index (χ2v) is 6.22. The molecule has 6 heteroatoms. The van der Waals surface area contributed by atoms with Crippen molar-refractivity contribution in [3.63, 3.8) is 0 Å². The molecular weight excluding hydrogens is 356 g/mol. The van der Waals surface area contributed by atoms with Gasteiger partial charge in [-0.25, -0.2) is 4.79 Å². The van der Waals surface area contributed by atoms with Crippen molar-refractivity contribution in [2.24, 2.45) is 0 Å². The molecule has 0 aliphatic heterocycles. The van der Waals surface area contributed by atoms with Crippen LogP contribution < -0.4 is 10.1 Å². The van der Waals surface area contributed by atoms with Gasteiger partial charge in [0.15, 0.2) is 0 Å². The summed E-state index contributed by atoms with van der Waals surface area (Å²) in [6.07, 6.45) is 5.19. The number of hydrogen-bond donors (Lipinski definition) is 2. The quantitative estimate of drug-likeness (QED) is 0.489. The summed E-state index contributed by atoms with van der Waals surface area (Å²) in [5, 5.41) is 3.73. The SMILES string of the molecule is COC(=O)C(Cc1c[nH]c2ccccc12)NC(=O)/C=C/c1ccccc1OC. The number of amides is 1. The number of methoxy groups -OCH3 is 2. The van der Waals surface area contributed by atoms with Gasteiger partial charge < -0.3 is 19.8 Å². The Labute approximate surface area is 163 Å². The van der Waals surface area contributed by atoms with Gasteiger partial charge in [-0.05, 0) is 23.8 Å². The van der Waals surface area contributed by atoms with Crippen LogP contribution in [0.1, 0.15) is 11.1 Å². The number of ether oxygens (including phenoxy) is 2. The number of nitrogens with one attached hydrogen (secondary N) is 2. The molecule has 0 aliphatic carbocycles. The maximum Gasteiger partial charge on any atom is 0.328 e. The summed E-state index contributed by atoms with van der Waals surface area (Å²) in [6.45, 7) is 0. The lowest BCUT2D eigenvalue weighted by Gasteiger charge is -2.15. The smallest absolute Gasteiger partial charge is 0.328 e. The highest BCUT2D eigenvalue weighted by atomic mass is 16.5. The van der Waals surface area contributed by atoms with Gasteiger partial charge in [0.1, 0.15) is 11.8 Å². The normalized spacial score (nSPS) is 12.1. The van der Waals surface area contributed by atoms with E-state index in [4.69, 9.17) is 9.47 Å². The second-order valence-electron chi connectivity index (χ2n) is 6.22. The van der Waals surface area contributed by atoms with Crippen molar-refractivity contribution in [1.82, 2.24) is 10.3 Å². The molecule has 0 saturated carbocycles. The maximum atomic E-state index is 12.4. The van der Waals surface area contributed by atoms with Crippen molar-refractivity contribution in [3.8, 4) is 5.75 Å². The van der Waals surface area contributed by atoms with E-state index in [-0.39, 0.29) is 5.91 Å². The zero-order valence-electron chi connectivity index (χ0n) is 15.8. The van der Waals surface area contributed by atoms with Gasteiger partial charge in [-0.2, -0.15) is 0 Å². The minimum atomic E-state index is -0.793. The zero-order valence-corrected chi connectivity index (χ0v) is 15.8. The van der Waals surface area contributed by atoms with Crippen LogP contribution in [0.3, 0.4) is 0 Å². The number of fused-ring (bicyclic) bond motifs is 1. The lowest BCUT2D eigenvalue weighted by atomic mass is 10.0. The fourth-order valence-electron chi connectivity index (χ4n) is 3.05. The third-order valence-corrected chi connectivity index (χ3v) is 4.45. The van der Waals surface area contributed by atoms with Crippen LogP contribution in [-0.2, 0) is 20.7 Å². The number of esters is 1. The van der Waals surface area contributed by atoms with Crippen molar-refractivity contribution >= 4 is 28.9 Å². The minimum Gasteiger partial charge on any atom is -0.496 e. The Balaban J connectivity index is 1.74. The lowest BCUT2D eigenvalue weighted by Crippen LogP contribution is -2.42. The highest BCUT2D eigenvalue weighted by Gasteiger charge is 2.22. The molecule has 0 aliphatic rings. The topological polar surface area (TPSA) is 80.4 Å². The van der Waals surface area contributed by atoms with E-state index in [0.717, 1.165) is 22.0 Å². The first-order valence-corrected chi connectivity index (χ1v) is 8.86. The van der Waals surface area contributed by atoms with E-state index in [1.54, 1.807) is 13.2 Å². The van der Waals surface area contributed by atoms with Crippen LogP contribution in [0, 0.1) is 0 Å². The van der Waals surface area contributed by atoms with Crippen molar-refractivity contribution in [2.45, 2.75) is 12.5 Å². The van der Waals surface area contributed by atoms with Gasteiger partial charge in [0.05, 0.1) is 14.2 Å². The first kappa shape index (κ1) is 19.2. The number of aromatic amines is 1. The van der Waals surface area contributed by atoms with E-state index in [1.165, 1.54) is 13.2 Å². The molecule has 3 aromatic rings.